The summed E-state index contributed by atoms with van der Waals surface area (Å²) >= 11 is 6.43. The maximum atomic E-state index is 12.7. The number of hydrogen-bond donors (Lipinski definition) is 2. The summed E-state index contributed by atoms with van der Waals surface area (Å²) in [6.45, 7) is 3.63. The first-order valence-corrected chi connectivity index (χ1v) is 8.88. The van der Waals surface area contributed by atoms with Crippen LogP contribution in [0, 0.1) is 12.8 Å². The van der Waals surface area contributed by atoms with Crippen LogP contribution in [0.5, 0.6) is 5.75 Å². The van der Waals surface area contributed by atoms with Gasteiger partial charge in [-0.3, -0.25) is 4.79 Å². The topological polar surface area (TPSA) is 50.4 Å². The highest BCUT2D eigenvalue weighted by atomic mass is 35.5. The summed E-state index contributed by atoms with van der Waals surface area (Å²) in [5.74, 6) is 0.860. The molecule has 0 spiro atoms. The minimum atomic E-state index is -0.285. The van der Waals surface area contributed by atoms with Crippen LogP contribution < -0.4 is 15.4 Å². The van der Waals surface area contributed by atoms with Crippen LogP contribution in [0.2, 0.25) is 5.02 Å². The molecule has 0 saturated carbocycles. The molecule has 1 saturated heterocycles. The fourth-order valence-electron chi connectivity index (χ4n) is 3.27. The number of ether oxygens (including phenoxy) is 1. The molecule has 2 atom stereocenters. The Kier molecular flexibility index (Phi) is 5.61. The SMILES string of the molecule is COc1ccc(C(NC(=O)C2CCNC2)c2ccccc2Cl)c(C)c1. The van der Waals surface area contributed by atoms with Gasteiger partial charge in [-0.15, -0.1) is 0 Å². The highest BCUT2D eigenvalue weighted by molar-refractivity contribution is 6.31. The van der Waals surface area contributed by atoms with Crippen molar-refractivity contribution in [1.82, 2.24) is 10.6 Å². The van der Waals surface area contributed by atoms with Crippen molar-refractivity contribution >= 4 is 17.5 Å². The zero-order valence-corrected chi connectivity index (χ0v) is 15.3. The van der Waals surface area contributed by atoms with Crippen LogP contribution in [0.25, 0.3) is 0 Å². The van der Waals surface area contributed by atoms with Crippen molar-refractivity contribution in [2.75, 3.05) is 20.2 Å². The molecule has 1 amide bonds. The van der Waals surface area contributed by atoms with Gasteiger partial charge < -0.3 is 15.4 Å². The second-order valence-electron chi connectivity index (χ2n) is 6.38. The first-order valence-electron chi connectivity index (χ1n) is 8.50. The molecule has 1 fully saturated rings. The molecule has 4 nitrogen and oxygen atoms in total. The molecular weight excluding hydrogens is 336 g/mol. The highest BCUT2D eigenvalue weighted by Crippen LogP contribution is 2.32. The van der Waals surface area contributed by atoms with Gasteiger partial charge in [-0.25, -0.2) is 0 Å². The van der Waals surface area contributed by atoms with E-state index in [1.54, 1.807) is 7.11 Å². The number of carbonyl (C=O) groups excluding carboxylic acids is 1. The third-order valence-corrected chi connectivity index (χ3v) is 5.07. The molecule has 25 heavy (non-hydrogen) atoms. The molecule has 2 unspecified atom stereocenters. The number of halogens is 1. The maximum Gasteiger partial charge on any atom is 0.225 e. The van der Waals surface area contributed by atoms with Crippen LogP contribution in [-0.2, 0) is 4.79 Å². The Bertz CT molecular complexity index is 757. The van der Waals surface area contributed by atoms with E-state index in [0.717, 1.165) is 42.0 Å². The zero-order valence-electron chi connectivity index (χ0n) is 14.5. The van der Waals surface area contributed by atoms with Gasteiger partial charge in [0.1, 0.15) is 5.75 Å². The number of methoxy groups -OCH3 is 1. The van der Waals surface area contributed by atoms with Crippen molar-refractivity contribution in [2.24, 2.45) is 5.92 Å². The minimum Gasteiger partial charge on any atom is -0.497 e. The van der Waals surface area contributed by atoms with Crippen molar-refractivity contribution in [2.45, 2.75) is 19.4 Å². The van der Waals surface area contributed by atoms with Gasteiger partial charge in [-0.05, 0) is 54.8 Å². The van der Waals surface area contributed by atoms with Crippen LogP contribution in [0.1, 0.15) is 29.2 Å². The number of rotatable bonds is 5. The van der Waals surface area contributed by atoms with Crippen LogP contribution >= 0.6 is 11.6 Å². The van der Waals surface area contributed by atoms with Crippen LogP contribution in [0.3, 0.4) is 0 Å². The van der Waals surface area contributed by atoms with E-state index in [9.17, 15) is 4.79 Å². The summed E-state index contributed by atoms with van der Waals surface area (Å²) in [4.78, 5) is 12.7. The number of benzene rings is 2. The summed E-state index contributed by atoms with van der Waals surface area (Å²) in [6.07, 6.45) is 0.864. The van der Waals surface area contributed by atoms with Gasteiger partial charge in [0.05, 0.1) is 19.1 Å². The molecule has 5 heteroatoms. The van der Waals surface area contributed by atoms with Gasteiger partial charge in [-0.2, -0.15) is 0 Å². The van der Waals surface area contributed by atoms with Crippen molar-refractivity contribution in [1.29, 1.82) is 0 Å². The van der Waals surface area contributed by atoms with Crippen molar-refractivity contribution in [3.05, 3.63) is 64.2 Å². The molecule has 3 rings (SSSR count). The Morgan fingerprint density at radius 1 is 1.28 bits per heavy atom. The van der Waals surface area contributed by atoms with Crippen LogP contribution in [0.4, 0.5) is 0 Å². The molecule has 1 aliphatic heterocycles. The molecule has 132 valence electrons. The zero-order chi connectivity index (χ0) is 17.8. The molecule has 0 aliphatic carbocycles. The predicted octanol–water partition coefficient (Wildman–Crippen LogP) is 3.47. The Hall–Kier alpha value is -2.04. The molecule has 0 bridgehead atoms. The third kappa shape index (κ3) is 3.97. The quantitative estimate of drug-likeness (QED) is 0.860. The standard InChI is InChI=1S/C20H23ClN2O2/c1-13-11-15(25-2)7-8-16(13)19(17-5-3-4-6-18(17)21)23-20(24)14-9-10-22-12-14/h3-8,11,14,19,22H,9-10,12H2,1-2H3,(H,23,24). The molecule has 2 aromatic carbocycles. The number of carbonyl (C=O) groups is 1. The van der Waals surface area contributed by atoms with Crippen LogP contribution in [0.15, 0.2) is 42.5 Å². The van der Waals surface area contributed by atoms with E-state index < -0.39 is 0 Å². The lowest BCUT2D eigenvalue weighted by Gasteiger charge is -2.24. The van der Waals surface area contributed by atoms with E-state index in [1.807, 2.05) is 49.4 Å². The van der Waals surface area contributed by atoms with Gasteiger partial charge in [-0.1, -0.05) is 35.9 Å². The summed E-state index contributed by atoms with van der Waals surface area (Å²) in [5, 5.41) is 7.09. The second-order valence-corrected chi connectivity index (χ2v) is 6.78. The number of nitrogens with one attached hydrogen (secondary N) is 2. The number of aryl methyl sites for hydroxylation is 1. The van der Waals surface area contributed by atoms with E-state index in [4.69, 9.17) is 16.3 Å². The second kappa shape index (κ2) is 7.89. The van der Waals surface area contributed by atoms with E-state index in [1.165, 1.54) is 0 Å². The first-order chi connectivity index (χ1) is 12.1. The molecule has 1 heterocycles. The fraction of sp³-hybridized carbons (Fsp3) is 0.350. The third-order valence-electron chi connectivity index (χ3n) is 4.72. The Balaban J connectivity index is 1.97. The van der Waals surface area contributed by atoms with E-state index in [0.29, 0.717) is 5.02 Å². The van der Waals surface area contributed by atoms with Gasteiger partial charge in [0.25, 0.3) is 0 Å². The molecular formula is C20H23ClN2O2. The van der Waals surface area contributed by atoms with Gasteiger partial charge in [0.2, 0.25) is 5.91 Å². The Morgan fingerprint density at radius 2 is 2.08 bits per heavy atom. The lowest BCUT2D eigenvalue weighted by molar-refractivity contribution is -0.124. The summed E-state index contributed by atoms with van der Waals surface area (Å²) < 4.78 is 5.30. The van der Waals surface area contributed by atoms with Crippen LogP contribution in [-0.4, -0.2) is 26.1 Å². The summed E-state index contributed by atoms with van der Waals surface area (Å²) in [5.41, 5.74) is 2.97. The van der Waals surface area contributed by atoms with Gasteiger partial charge in [0.15, 0.2) is 0 Å². The minimum absolute atomic E-state index is 0.00328. The van der Waals surface area contributed by atoms with Crippen molar-refractivity contribution in [3.8, 4) is 5.75 Å². The smallest absolute Gasteiger partial charge is 0.225 e. The van der Waals surface area contributed by atoms with Crippen molar-refractivity contribution in [3.63, 3.8) is 0 Å². The molecule has 1 aliphatic rings. The normalized spacial score (nSPS) is 18.0. The lowest BCUT2D eigenvalue weighted by atomic mass is 9.93. The predicted molar refractivity (Wildman–Crippen MR) is 100 cm³/mol. The summed E-state index contributed by atoms with van der Waals surface area (Å²) in [6, 6.07) is 13.2. The molecule has 2 N–H and O–H groups in total. The molecule has 0 radical (unpaired) electrons. The summed E-state index contributed by atoms with van der Waals surface area (Å²) in [7, 11) is 1.65. The fourth-order valence-corrected chi connectivity index (χ4v) is 3.51. The van der Waals surface area contributed by atoms with Gasteiger partial charge in [0, 0.05) is 11.6 Å². The molecule has 0 aromatic heterocycles. The Morgan fingerprint density at radius 3 is 2.72 bits per heavy atom. The number of hydrogen-bond acceptors (Lipinski definition) is 3. The van der Waals surface area contributed by atoms with E-state index in [2.05, 4.69) is 10.6 Å². The first kappa shape index (κ1) is 17.8. The van der Waals surface area contributed by atoms with Crippen molar-refractivity contribution < 1.29 is 9.53 Å². The monoisotopic (exact) mass is 358 g/mol. The maximum absolute atomic E-state index is 12.7. The van der Waals surface area contributed by atoms with Gasteiger partial charge >= 0.3 is 0 Å². The van der Waals surface area contributed by atoms with E-state index in [-0.39, 0.29) is 17.9 Å². The Labute approximate surface area is 153 Å². The average Bonchev–Trinajstić information content (AvgIpc) is 3.15. The lowest BCUT2D eigenvalue weighted by Crippen LogP contribution is -2.35. The largest absolute Gasteiger partial charge is 0.497 e. The highest BCUT2D eigenvalue weighted by Gasteiger charge is 2.27. The molecule has 2 aromatic rings. The average molecular weight is 359 g/mol. The number of amides is 1. The van der Waals surface area contributed by atoms with E-state index >= 15 is 0 Å².